The van der Waals surface area contributed by atoms with Crippen LogP contribution in [-0.2, 0) is 5.41 Å². The van der Waals surface area contributed by atoms with Crippen molar-refractivity contribution in [2.45, 2.75) is 5.41 Å². The second-order valence-electron chi connectivity index (χ2n) is 17.2. The van der Waals surface area contributed by atoms with Crippen LogP contribution in [0, 0.1) is 0 Å². The Hall–Kier alpha value is -8.46. The Morgan fingerprint density at radius 3 is 1.32 bits per heavy atom. The predicted octanol–water partition coefficient (Wildman–Crippen LogP) is 16.9. The van der Waals surface area contributed by atoms with Gasteiger partial charge in [-0.15, -0.1) is 0 Å². The third kappa shape index (κ3) is 5.81. The molecular formula is C63H41NO. The smallest absolute Gasteiger partial charge is 0.140 e. The van der Waals surface area contributed by atoms with E-state index in [1.165, 1.54) is 77.5 Å². The summed E-state index contributed by atoms with van der Waals surface area (Å²) >= 11 is 0. The molecule has 2 heteroatoms. The molecule has 0 N–H and O–H groups in total. The summed E-state index contributed by atoms with van der Waals surface area (Å²) < 4.78 is 7.15. The van der Waals surface area contributed by atoms with Crippen LogP contribution < -0.4 is 9.64 Å². The second kappa shape index (κ2) is 14.8. The Balaban J connectivity index is 0.907. The standard InChI is InChI=1S/C63H41NO/c1-3-14-42(15-4-1)47-18-13-19-48(40-47)43-26-33-51(34-27-43)64(50-20-5-2-6-21-50)52-35-28-44(29-36-52)49-32-37-58-56(41-49)55-24-11-12-25-57(55)63(58)59-38-30-45-16-7-9-22-53(45)61(59)65-62-54-23-10-8-17-46(54)31-39-60(62)63/h1-41H. The van der Waals surface area contributed by atoms with E-state index in [0.717, 1.165) is 39.3 Å². The van der Waals surface area contributed by atoms with Gasteiger partial charge >= 0.3 is 0 Å². The van der Waals surface area contributed by atoms with Crippen LogP contribution in [0.5, 0.6) is 11.5 Å². The van der Waals surface area contributed by atoms with Crippen molar-refractivity contribution < 1.29 is 4.74 Å². The maximum Gasteiger partial charge on any atom is 0.140 e. The Morgan fingerprint density at radius 1 is 0.277 bits per heavy atom. The van der Waals surface area contributed by atoms with E-state index >= 15 is 0 Å². The van der Waals surface area contributed by atoms with Crippen molar-refractivity contribution in [3.05, 3.63) is 271 Å². The number of hydrogen-bond donors (Lipinski definition) is 0. The maximum atomic E-state index is 7.15. The topological polar surface area (TPSA) is 12.5 Å². The number of benzene rings is 11. The number of para-hydroxylation sites is 1. The first kappa shape index (κ1) is 37.1. The van der Waals surface area contributed by atoms with Crippen molar-refractivity contribution in [2.24, 2.45) is 0 Å². The lowest BCUT2D eigenvalue weighted by Crippen LogP contribution is -2.32. The molecule has 0 unspecified atom stereocenters. The molecule has 0 bridgehead atoms. The zero-order chi connectivity index (χ0) is 42.9. The van der Waals surface area contributed by atoms with Crippen LogP contribution >= 0.6 is 0 Å². The average molecular weight is 828 g/mol. The summed E-state index contributed by atoms with van der Waals surface area (Å²) in [5.41, 5.74) is 17.3. The molecule has 0 saturated carbocycles. The van der Waals surface area contributed by atoms with Crippen LogP contribution in [0.2, 0.25) is 0 Å². The number of hydrogen-bond acceptors (Lipinski definition) is 2. The summed E-state index contributed by atoms with van der Waals surface area (Å²) in [6.45, 7) is 0. The summed E-state index contributed by atoms with van der Waals surface area (Å²) in [6, 6.07) is 90.5. The summed E-state index contributed by atoms with van der Waals surface area (Å²) in [5, 5.41) is 4.59. The first-order chi connectivity index (χ1) is 32.2. The molecular weight excluding hydrogens is 787 g/mol. The molecule has 2 aliphatic rings. The first-order valence-corrected chi connectivity index (χ1v) is 22.4. The highest BCUT2D eigenvalue weighted by Gasteiger charge is 2.51. The van der Waals surface area contributed by atoms with Gasteiger partial charge < -0.3 is 9.64 Å². The van der Waals surface area contributed by atoms with Gasteiger partial charge in [0.2, 0.25) is 0 Å². The Morgan fingerprint density at radius 2 is 0.708 bits per heavy atom. The number of fused-ring (bicyclic) bond motifs is 13. The van der Waals surface area contributed by atoms with E-state index in [-0.39, 0.29) is 0 Å². The van der Waals surface area contributed by atoms with E-state index in [9.17, 15) is 0 Å². The van der Waals surface area contributed by atoms with Gasteiger partial charge in [0.15, 0.2) is 0 Å². The minimum absolute atomic E-state index is 0.568. The Labute approximate surface area is 378 Å². The largest absolute Gasteiger partial charge is 0.455 e. The highest BCUT2D eigenvalue weighted by molar-refractivity contribution is 6.00. The van der Waals surface area contributed by atoms with Gasteiger partial charge in [0, 0.05) is 39.0 Å². The number of nitrogens with zero attached hydrogens (tertiary/aromatic N) is 1. The van der Waals surface area contributed by atoms with Crippen molar-refractivity contribution in [1.82, 2.24) is 0 Å². The highest BCUT2D eigenvalue weighted by atomic mass is 16.5. The maximum absolute atomic E-state index is 7.15. The summed E-state index contributed by atoms with van der Waals surface area (Å²) in [7, 11) is 0. The molecule has 11 aromatic rings. The molecule has 1 aliphatic carbocycles. The summed E-state index contributed by atoms with van der Waals surface area (Å²) in [6.07, 6.45) is 0. The van der Waals surface area contributed by atoms with Crippen LogP contribution in [0.1, 0.15) is 22.3 Å². The Bertz CT molecular complexity index is 3530. The molecule has 65 heavy (non-hydrogen) atoms. The molecule has 0 radical (unpaired) electrons. The summed E-state index contributed by atoms with van der Waals surface area (Å²) in [5.74, 6) is 1.87. The zero-order valence-corrected chi connectivity index (χ0v) is 35.5. The third-order valence-corrected chi connectivity index (χ3v) is 13.7. The van der Waals surface area contributed by atoms with E-state index in [4.69, 9.17) is 4.74 Å². The van der Waals surface area contributed by atoms with E-state index in [1.54, 1.807) is 0 Å². The predicted molar refractivity (Wildman–Crippen MR) is 270 cm³/mol. The fourth-order valence-corrected chi connectivity index (χ4v) is 10.7. The van der Waals surface area contributed by atoms with Gasteiger partial charge in [-0.2, -0.15) is 0 Å². The van der Waals surface area contributed by atoms with Crippen LogP contribution in [0.25, 0.3) is 66.1 Å². The molecule has 0 fully saturated rings. The van der Waals surface area contributed by atoms with Crippen LogP contribution in [0.4, 0.5) is 17.1 Å². The molecule has 11 aromatic carbocycles. The number of rotatable bonds is 6. The quantitative estimate of drug-likeness (QED) is 0.166. The van der Waals surface area contributed by atoms with Gasteiger partial charge in [-0.05, 0) is 115 Å². The van der Waals surface area contributed by atoms with E-state index in [0.29, 0.717) is 0 Å². The van der Waals surface area contributed by atoms with Crippen molar-refractivity contribution in [1.29, 1.82) is 0 Å². The minimum atomic E-state index is -0.568. The van der Waals surface area contributed by atoms with Crippen molar-refractivity contribution in [3.63, 3.8) is 0 Å². The van der Waals surface area contributed by atoms with Gasteiger partial charge in [-0.1, -0.05) is 200 Å². The molecule has 1 aliphatic heterocycles. The molecule has 0 aromatic heterocycles. The fraction of sp³-hybridized carbons (Fsp3) is 0.0159. The lowest BCUT2D eigenvalue weighted by molar-refractivity contribution is 0.447. The van der Waals surface area contributed by atoms with Gasteiger partial charge in [0.25, 0.3) is 0 Å². The molecule has 2 nitrogen and oxygen atoms in total. The zero-order valence-electron chi connectivity index (χ0n) is 35.5. The van der Waals surface area contributed by atoms with Crippen LogP contribution in [-0.4, -0.2) is 0 Å². The molecule has 13 rings (SSSR count). The average Bonchev–Trinajstić information content (AvgIpc) is 3.67. The lowest BCUT2D eigenvalue weighted by Gasteiger charge is -2.40. The lowest BCUT2D eigenvalue weighted by atomic mass is 9.65. The molecule has 304 valence electrons. The van der Waals surface area contributed by atoms with Crippen molar-refractivity contribution >= 4 is 38.6 Å². The second-order valence-corrected chi connectivity index (χ2v) is 17.2. The molecule has 0 atom stereocenters. The van der Waals surface area contributed by atoms with Gasteiger partial charge in [-0.25, -0.2) is 0 Å². The normalized spacial score (nSPS) is 12.9. The molecule has 0 amide bonds. The van der Waals surface area contributed by atoms with Crippen LogP contribution in [0.15, 0.2) is 249 Å². The SMILES string of the molecule is c1ccc(-c2cccc(-c3ccc(N(c4ccccc4)c4ccc(-c5ccc6c(c5)-c5ccccc5C65c6ccc7ccccc7c6Oc6c5ccc5ccccc65)cc4)cc3)c2)cc1. The molecule has 1 spiro atoms. The van der Waals surface area contributed by atoms with E-state index < -0.39 is 5.41 Å². The van der Waals surface area contributed by atoms with Crippen LogP contribution in [0.3, 0.4) is 0 Å². The van der Waals surface area contributed by atoms with Gasteiger partial charge in [0.1, 0.15) is 11.5 Å². The van der Waals surface area contributed by atoms with Gasteiger partial charge in [-0.3, -0.25) is 0 Å². The third-order valence-electron chi connectivity index (χ3n) is 13.7. The number of ether oxygens (including phenoxy) is 1. The molecule has 1 heterocycles. The highest BCUT2D eigenvalue weighted by Crippen LogP contribution is 2.64. The minimum Gasteiger partial charge on any atom is -0.455 e. The Kier molecular flexibility index (Phi) is 8.47. The first-order valence-electron chi connectivity index (χ1n) is 22.4. The number of anilines is 3. The van der Waals surface area contributed by atoms with Crippen molar-refractivity contribution in [2.75, 3.05) is 4.90 Å². The monoisotopic (exact) mass is 827 g/mol. The van der Waals surface area contributed by atoms with Gasteiger partial charge in [0.05, 0.1) is 5.41 Å². The summed E-state index contributed by atoms with van der Waals surface area (Å²) in [4.78, 5) is 2.34. The fourth-order valence-electron chi connectivity index (χ4n) is 10.7. The van der Waals surface area contributed by atoms with E-state index in [1.807, 2.05) is 0 Å². The molecule has 0 saturated heterocycles. The van der Waals surface area contributed by atoms with Crippen molar-refractivity contribution in [3.8, 4) is 56.0 Å². The van der Waals surface area contributed by atoms with E-state index in [2.05, 4.69) is 254 Å².